The molecule has 0 atom stereocenters. The Kier molecular flexibility index (Phi) is 5.06. The summed E-state index contributed by atoms with van der Waals surface area (Å²) in [7, 11) is 0. The number of rotatable bonds is 6. The van der Waals surface area contributed by atoms with Gasteiger partial charge in [0.2, 0.25) is 0 Å². The topological polar surface area (TPSA) is 54.0 Å². The van der Waals surface area contributed by atoms with Gasteiger partial charge in [0.05, 0.1) is 16.3 Å². The quantitative estimate of drug-likeness (QED) is 0.861. The van der Waals surface area contributed by atoms with Crippen molar-refractivity contribution in [1.29, 1.82) is 0 Å². The van der Waals surface area contributed by atoms with Gasteiger partial charge in [-0.2, -0.15) is 0 Å². The van der Waals surface area contributed by atoms with Crippen LogP contribution in [0.3, 0.4) is 0 Å². The molecule has 0 aliphatic carbocycles. The molecule has 2 N–H and O–H groups in total. The molecule has 0 bridgehead atoms. The number of hydrogen-bond donors (Lipinski definition) is 2. The average Bonchev–Trinajstić information content (AvgIpc) is 2.94. The lowest BCUT2D eigenvalue weighted by atomic mass is 10.1. The highest BCUT2D eigenvalue weighted by atomic mass is 32.1. The number of benzene rings is 1. The Morgan fingerprint density at radius 2 is 2.30 bits per heavy atom. The lowest BCUT2D eigenvalue weighted by Gasteiger charge is -2.11. The standard InChI is InChI=1S/C14H16FN3OS/c1-2-16-13-10(4-3-5-11(13)15)14(19)18-7-6-12-17-8-9-20-12/h3-5,8-9,16H,2,6-7H2,1H3,(H,18,19). The monoisotopic (exact) mass is 293 g/mol. The molecular weight excluding hydrogens is 277 g/mol. The van der Waals surface area contributed by atoms with Gasteiger partial charge in [0.25, 0.3) is 5.91 Å². The number of thiazole rings is 1. The Balaban J connectivity index is 1.99. The van der Waals surface area contributed by atoms with Gasteiger partial charge in [0.15, 0.2) is 0 Å². The van der Waals surface area contributed by atoms with Crippen molar-refractivity contribution in [2.24, 2.45) is 0 Å². The van der Waals surface area contributed by atoms with E-state index in [9.17, 15) is 9.18 Å². The highest BCUT2D eigenvalue weighted by Crippen LogP contribution is 2.19. The predicted octanol–water partition coefficient (Wildman–Crippen LogP) is 2.69. The van der Waals surface area contributed by atoms with Crippen molar-refractivity contribution in [1.82, 2.24) is 10.3 Å². The molecule has 1 amide bonds. The first kappa shape index (κ1) is 14.5. The van der Waals surface area contributed by atoms with Crippen LogP contribution < -0.4 is 10.6 Å². The zero-order valence-corrected chi connectivity index (χ0v) is 12.0. The summed E-state index contributed by atoms with van der Waals surface area (Å²) in [6.07, 6.45) is 2.41. The first-order chi connectivity index (χ1) is 9.72. The van der Waals surface area contributed by atoms with E-state index >= 15 is 0 Å². The van der Waals surface area contributed by atoms with Gasteiger partial charge in [0.1, 0.15) is 5.82 Å². The second-order valence-corrected chi connectivity index (χ2v) is 5.10. The molecule has 20 heavy (non-hydrogen) atoms. The normalized spacial score (nSPS) is 10.3. The van der Waals surface area contributed by atoms with Crippen molar-refractivity contribution in [3.63, 3.8) is 0 Å². The maximum Gasteiger partial charge on any atom is 0.253 e. The molecule has 1 aromatic carbocycles. The van der Waals surface area contributed by atoms with Crippen molar-refractivity contribution in [2.75, 3.05) is 18.4 Å². The van der Waals surface area contributed by atoms with E-state index in [2.05, 4.69) is 15.6 Å². The summed E-state index contributed by atoms with van der Waals surface area (Å²) in [5.74, 6) is -0.698. The molecule has 4 nitrogen and oxygen atoms in total. The Morgan fingerprint density at radius 1 is 1.45 bits per heavy atom. The molecule has 0 aliphatic heterocycles. The first-order valence-electron chi connectivity index (χ1n) is 6.41. The molecule has 0 unspecified atom stereocenters. The second kappa shape index (κ2) is 7.00. The fourth-order valence-electron chi connectivity index (χ4n) is 1.82. The van der Waals surface area contributed by atoms with E-state index in [0.717, 1.165) is 5.01 Å². The number of anilines is 1. The third-order valence-corrected chi connectivity index (χ3v) is 3.56. The Morgan fingerprint density at radius 3 is 3.00 bits per heavy atom. The molecule has 0 saturated carbocycles. The van der Waals surface area contributed by atoms with Crippen LogP contribution in [0.25, 0.3) is 0 Å². The van der Waals surface area contributed by atoms with E-state index < -0.39 is 5.82 Å². The van der Waals surface area contributed by atoms with Crippen LogP contribution in [-0.4, -0.2) is 24.0 Å². The van der Waals surface area contributed by atoms with E-state index in [1.807, 2.05) is 12.3 Å². The van der Waals surface area contributed by atoms with Gasteiger partial charge in [-0.15, -0.1) is 11.3 Å². The number of nitrogens with one attached hydrogen (secondary N) is 2. The predicted molar refractivity (Wildman–Crippen MR) is 78.7 cm³/mol. The van der Waals surface area contributed by atoms with Crippen molar-refractivity contribution in [3.8, 4) is 0 Å². The van der Waals surface area contributed by atoms with E-state index in [1.165, 1.54) is 12.1 Å². The van der Waals surface area contributed by atoms with Crippen LogP contribution in [0, 0.1) is 5.82 Å². The van der Waals surface area contributed by atoms with Crippen LogP contribution in [-0.2, 0) is 6.42 Å². The molecule has 2 aromatic rings. The van der Waals surface area contributed by atoms with Crippen molar-refractivity contribution < 1.29 is 9.18 Å². The Bertz CT molecular complexity index is 572. The van der Waals surface area contributed by atoms with Gasteiger partial charge in [-0.25, -0.2) is 9.37 Å². The lowest BCUT2D eigenvalue weighted by Crippen LogP contribution is -2.26. The summed E-state index contributed by atoms with van der Waals surface area (Å²) < 4.78 is 13.7. The largest absolute Gasteiger partial charge is 0.382 e. The molecule has 6 heteroatoms. The zero-order valence-electron chi connectivity index (χ0n) is 11.1. The minimum Gasteiger partial charge on any atom is -0.382 e. The fourth-order valence-corrected chi connectivity index (χ4v) is 2.44. The van der Waals surface area contributed by atoms with Crippen molar-refractivity contribution >= 4 is 22.9 Å². The van der Waals surface area contributed by atoms with Gasteiger partial charge in [-0.3, -0.25) is 4.79 Å². The van der Waals surface area contributed by atoms with Crippen LogP contribution >= 0.6 is 11.3 Å². The summed E-state index contributed by atoms with van der Waals surface area (Å²) in [5, 5.41) is 8.53. The summed E-state index contributed by atoms with van der Waals surface area (Å²) in [6.45, 7) is 2.89. The first-order valence-corrected chi connectivity index (χ1v) is 7.29. The molecule has 1 aromatic heterocycles. The average molecular weight is 293 g/mol. The minimum absolute atomic E-state index is 0.252. The van der Waals surface area contributed by atoms with E-state index in [4.69, 9.17) is 0 Å². The molecule has 0 aliphatic rings. The molecule has 0 spiro atoms. The van der Waals surface area contributed by atoms with E-state index in [-0.39, 0.29) is 11.6 Å². The number of amides is 1. The summed E-state index contributed by atoms with van der Waals surface area (Å²) in [6, 6.07) is 4.48. The highest BCUT2D eigenvalue weighted by Gasteiger charge is 2.14. The van der Waals surface area contributed by atoms with Crippen LogP contribution in [0.2, 0.25) is 0 Å². The Hall–Kier alpha value is -1.95. The molecule has 1 heterocycles. The van der Waals surface area contributed by atoms with Crippen molar-refractivity contribution in [3.05, 3.63) is 46.2 Å². The zero-order chi connectivity index (χ0) is 14.4. The second-order valence-electron chi connectivity index (χ2n) is 4.12. The molecule has 106 valence electrons. The van der Waals surface area contributed by atoms with Crippen LogP contribution in [0.15, 0.2) is 29.8 Å². The number of carbonyl (C=O) groups excluding carboxylic acids is 1. The molecular formula is C14H16FN3OS. The van der Waals surface area contributed by atoms with Gasteiger partial charge in [0, 0.05) is 31.1 Å². The maximum absolute atomic E-state index is 13.7. The van der Waals surface area contributed by atoms with Crippen LogP contribution in [0.5, 0.6) is 0 Å². The van der Waals surface area contributed by atoms with Gasteiger partial charge < -0.3 is 10.6 Å². The number of nitrogens with zero attached hydrogens (tertiary/aromatic N) is 1. The maximum atomic E-state index is 13.7. The van der Waals surface area contributed by atoms with Crippen molar-refractivity contribution in [2.45, 2.75) is 13.3 Å². The SMILES string of the molecule is CCNc1c(F)cccc1C(=O)NCCc1nccs1. The number of para-hydroxylation sites is 1. The number of halogens is 1. The lowest BCUT2D eigenvalue weighted by molar-refractivity contribution is 0.0954. The third kappa shape index (κ3) is 3.54. The third-order valence-electron chi connectivity index (χ3n) is 2.72. The Labute approximate surface area is 121 Å². The summed E-state index contributed by atoms with van der Waals surface area (Å²) in [5.41, 5.74) is 0.577. The molecule has 0 radical (unpaired) electrons. The smallest absolute Gasteiger partial charge is 0.253 e. The van der Waals surface area contributed by atoms with E-state index in [1.54, 1.807) is 23.6 Å². The number of aromatic nitrogens is 1. The molecule has 0 fully saturated rings. The summed E-state index contributed by atoms with van der Waals surface area (Å²) >= 11 is 1.55. The fraction of sp³-hybridized carbons (Fsp3) is 0.286. The minimum atomic E-state index is -0.417. The van der Waals surface area contributed by atoms with Crippen LogP contribution in [0.4, 0.5) is 10.1 Å². The van der Waals surface area contributed by atoms with Gasteiger partial charge >= 0.3 is 0 Å². The molecule has 0 saturated heterocycles. The van der Waals surface area contributed by atoms with E-state index in [0.29, 0.717) is 25.1 Å². The van der Waals surface area contributed by atoms with Crippen LogP contribution in [0.1, 0.15) is 22.3 Å². The van der Waals surface area contributed by atoms with Gasteiger partial charge in [-0.1, -0.05) is 6.07 Å². The number of carbonyl (C=O) groups is 1. The number of hydrogen-bond acceptors (Lipinski definition) is 4. The highest BCUT2D eigenvalue weighted by molar-refractivity contribution is 7.09. The molecule has 2 rings (SSSR count). The summed E-state index contributed by atoms with van der Waals surface area (Å²) in [4.78, 5) is 16.2. The van der Waals surface area contributed by atoms with Gasteiger partial charge in [-0.05, 0) is 19.1 Å².